The van der Waals surface area contributed by atoms with Gasteiger partial charge in [0, 0.05) is 6.04 Å². The van der Waals surface area contributed by atoms with Crippen LogP contribution < -0.4 is 11.5 Å². The molecule has 0 amide bonds. The predicted molar refractivity (Wildman–Crippen MR) is 70.8 cm³/mol. The Hall–Kier alpha value is -0.280. The van der Waals surface area contributed by atoms with Gasteiger partial charge in [-0.1, -0.05) is 43.1 Å². The van der Waals surface area contributed by atoms with Crippen molar-refractivity contribution in [2.45, 2.75) is 26.3 Å². The molecular formula is C12H18Cl2N2. The zero-order valence-corrected chi connectivity index (χ0v) is 11.1. The van der Waals surface area contributed by atoms with Crippen molar-refractivity contribution in [3.63, 3.8) is 0 Å². The summed E-state index contributed by atoms with van der Waals surface area (Å²) in [4.78, 5) is 0. The van der Waals surface area contributed by atoms with E-state index in [9.17, 15) is 0 Å². The Morgan fingerprint density at radius 1 is 1.25 bits per heavy atom. The minimum Gasteiger partial charge on any atom is -0.330 e. The first-order valence-corrected chi connectivity index (χ1v) is 6.02. The lowest BCUT2D eigenvalue weighted by Crippen LogP contribution is -2.28. The van der Waals surface area contributed by atoms with Gasteiger partial charge in [-0.25, -0.2) is 0 Å². The van der Waals surface area contributed by atoms with E-state index in [1.165, 1.54) is 0 Å². The molecule has 0 saturated heterocycles. The first-order chi connectivity index (χ1) is 7.35. The van der Waals surface area contributed by atoms with Crippen LogP contribution in [0.1, 0.15) is 31.9 Å². The van der Waals surface area contributed by atoms with Crippen LogP contribution in [-0.2, 0) is 0 Å². The summed E-state index contributed by atoms with van der Waals surface area (Å²) >= 11 is 11.8. The quantitative estimate of drug-likeness (QED) is 0.873. The van der Waals surface area contributed by atoms with Crippen molar-refractivity contribution in [3.8, 4) is 0 Å². The van der Waals surface area contributed by atoms with Gasteiger partial charge in [-0.2, -0.15) is 0 Å². The molecule has 0 bridgehead atoms. The molecule has 4 heteroatoms. The van der Waals surface area contributed by atoms with Crippen LogP contribution in [0.15, 0.2) is 18.2 Å². The van der Waals surface area contributed by atoms with Crippen LogP contribution in [-0.4, -0.2) is 6.54 Å². The van der Waals surface area contributed by atoms with Crippen LogP contribution in [0.25, 0.3) is 0 Å². The maximum absolute atomic E-state index is 6.12. The van der Waals surface area contributed by atoms with E-state index >= 15 is 0 Å². The Balaban J connectivity index is 2.81. The van der Waals surface area contributed by atoms with E-state index in [1.54, 1.807) is 6.07 Å². The molecule has 0 spiro atoms. The average Bonchev–Trinajstić information content (AvgIpc) is 2.21. The van der Waals surface area contributed by atoms with Gasteiger partial charge < -0.3 is 11.5 Å². The fraction of sp³-hybridized carbons (Fsp3) is 0.500. The Bertz CT molecular complexity index is 364. The Labute approximate surface area is 107 Å². The number of halogens is 2. The van der Waals surface area contributed by atoms with E-state index in [-0.39, 0.29) is 11.5 Å². The molecule has 1 unspecified atom stereocenters. The van der Waals surface area contributed by atoms with Gasteiger partial charge >= 0.3 is 0 Å². The summed E-state index contributed by atoms with van der Waals surface area (Å²) in [6.07, 6.45) is 0.821. The minimum absolute atomic E-state index is 0.0333. The van der Waals surface area contributed by atoms with Gasteiger partial charge in [0.15, 0.2) is 0 Å². The molecule has 0 aliphatic carbocycles. The molecule has 0 radical (unpaired) electrons. The third kappa shape index (κ3) is 3.63. The molecule has 0 heterocycles. The molecule has 16 heavy (non-hydrogen) atoms. The molecule has 90 valence electrons. The van der Waals surface area contributed by atoms with E-state index in [0.717, 1.165) is 12.0 Å². The van der Waals surface area contributed by atoms with Crippen molar-refractivity contribution < 1.29 is 0 Å². The zero-order valence-electron chi connectivity index (χ0n) is 9.63. The molecule has 4 N–H and O–H groups in total. The normalized spacial score (nSPS) is 13.9. The smallest absolute Gasteiger partial charge is 0.0595 e. The lowest BCUT2D eigenvalue weighted by atomic mass is 9.84. The van der Waals surface area contributed by atoms with Crippen molar-refractivity contribution in [1.82, 2.24) is 0 Å². The van der Waals surface area contributed by atoms with E-state index < -0.39 is 0 Å². The molecule has 0 aromatic heterocycles. The van der Waals surface area contributed by atoms with E-state index in [4.69, 9.17) is 34.7 Å². The standard InChI is InChI=1S/C12H18Cl2N2/c1-12(2,7-15)6-11(16)8-3-4-9(13)10(14)5-8/h3-5,11H,6-7,15-16H2,1-2H3. The maximum atomic E-state index is 6.12. The number of rotatable bonds is 4. The molecule has 1 rings (SSSR count). The second kappa shape index (κ2) is 5.37. The van der Waals surface area contributed by atoms with Crippen LogP contribution in [0, 0.1) is 5.41 Å². The van der Waals surface area contributed by atoms with Gasteiger partial charge in [0.2, 0.25) is 0 Å². The maximum Gasteiger partial charge on any atom is 0.0595 e. The first-order valence-electron chi connectivity index (χ1n) is 5.26. The van der Waals surface area contributed by atoms with Crippen molar-refractivity contribution >= 4 is 23.2 Å². The number of benzene rings is 1. The summed E-state index contributed by atoms with van der Waals surface area (Å²) in [7, 11) is 0. The van der Waals surface area contributed by atoms with Crippen molar-refractivity contribution in [3.05, 3.63) is 33.8 Å². The molecular weight excluding hydrogens is 243 g/mol. The van der Waals surface area contributed by atoms with E-state index in [0.29, 0.717) is 16.6 Å². The monoisotopic (exact) mass is 260 g/mol. The largest absolute Gasteiger partial charge is 0.330 e. The molecule has 2 nitrogen and oxygen atoms in total. The van der Waals surface area contributed by atoms with Gasteiger partial charge in [-0.05, 0) is 36.1 Å². The summed E-state index contributed by atoms with van der Waals surface area (Å²) in [5.74, 6) is 0. The summed E-state index contributed by atoms with van der Waals surface area (Å²) < 4.78 is 0. The van der Waals surface area contributed by atoms with Gasteiger partial charge in [0.05, 0.1) is 10.0 Å². The van der Waals surface area contributed by atoms with Crippen molar-refractivity contribution in [2.24, 2.45) is 16.9 Å². The molecule has 0 aliphatic rings. The van der Waals surface area contributed by atoms with E-state index in [2.05, 4.69) is 13.8 Å². The highest BCUT2D eigenvalue weighted by Gasteiger charge is 2.20. The molecule has 0 saturated carbocycles. The lowest BCUT2D eigenvalue weighted by Gasteiger charge is -2.26. The molecule has 1 aromatic rings. The first kappa shape index (κ1) is 13.8. The number of nitrogens with two attached hydrogens (primary N) is 2. The molecule has 0 fully saturated rings. The fourth-order valence-electron chi connectivity index (χ4n) is 1.54. The fourth-order valence-corrected chi connectivity index (χ4v) is 1.85. The Morgan fingerprint density at radius 3 is 2.38 bits per heavy atom. The summed E-state index contributed by atoms with van der Waals surface area (Å²) in [5, 5.41) is 1.09. The van der Waals surface area contributed by atoms with Gasteiger partial charge in [-0.3, -0.25) is 0 Å². The van der Waals surface area contributed by atoms with E-state index in [1.807, 2.05) is 12.1 Å². The molecule has 1 aromatic carbocycles. The number of hydrogen-bond donors (Lipinski definition) is 2. The SMILES string of the molecule is CC(C)(CN)CC(N)c1ccc(Cl)c(Cl)c1. The highest BCUT2D eigenvalue weighted by Crippen LogP contribution is 2.30. The zero-order chi connectivity index (χ0) is 12.3. The van der Waals surface area contributed by atoms with Crippen LogP contribution in [0.2, 0.25) is 10.0 Å². The topological polar surface area (TPSA) is 52.0 Å². The second-order valence-corrected chi connectivity index (χ2v) is 5.67. The van der Waals surface area contributed by atoms with Gasteiger partial charge in [-0.15, -0.1) is 0 Å². The predicted octanol–water partition coefficient (Wildman–Crippen LogP) is 3.37. The highest BCUT2D eigenvalue weighted by atomic mass is 35.5. The van der Waals surface area contributed by atoms with Crippen LogP contribution in [0.5, 0.6) is 0 Å². The van der Waals surface area contributed by atoms with Crippen LogP contribution >= 0.6 is 23.2 Å². The summed E-state index contributed by atoms with van der Waals surface area (Å²) in [6, 6.07) is 5.44. The Kier molecular flexibility index (Phi) is 4.62. The van der Waals surface area contributed by atoms with Crippen LogP contribution in [0.4, 0.5) is 0 Å². The van der Waals surface area contributed by atoms with Crippen molar-refractivity contribution in [1.29, 1.82) is 0 Å². The number of hydrogen-bond acceptors (Lipinski definition) is 2. The third-order valence-corrected chi connectivity index (χ3v) is 3.44. The lowest BCUT2D eigenvalue weighted by molar-refractivity contribution is 0.317. The summed E-state index contributed by atoms with van der Waals surface area (Å²) in [6.45, 7) is 4.82. The van der Waals surface area contributed by atoms with Gasteiger partial charge in [0.1, 0.15) is 0 Å². The molecule has 0 aliphatic heterocycles. The Morgan fingerprint density at radius 2 is 1.88 bits per heavy atom. The van der Waals surface area contributed by atoms with Crippen molar-refractivity contribution in [2.75, 3.05) is 6.54 Å². The summed E-state index contributed by atoms with van der Waals surface area (Å²) in [5.41, 5.74) is 12.8. The van der Waals surface area contributed by atoms with Gasteiger partial charge in [0.25, 0.3) is 0 Å². The molecule has 1 atom stereocenters. The second-order valence-electron chi connectivity index (χ2n) is 4.85. The average molecular weight is 261 g/mol. The van der Waals surface area contributed by atoms with Crippen LogP contribution in [0.3, 0.4) is 0 Å². The third-order valence-electron chi connectivity index (χ3n) is 2.70. The highest BCUT2D eigenvalue weighted by molar-refractivity contribution is 6.42. The minimum atomic E-state index is -0.0617.